The molecule has 0 N–H and O–H groups in total. The number of aromatic nitrogens is 2. The topological polar surface area (TPSA) is 72.4 Å². The van der Waals surface area contributed by atoms with Crippen molar-refractivity contribution < 1.29 is 14.3 Å². The van der Waals surface area contributed by atoms with Crippen LogP contribution in [0.15, 0.2) is 24.5 Å². The highest BCUT2D eigenvalue weighted by Crippen LogP contribution is 2.48. The molecule has 0 spiro atoms. The average Bonchev–Trinajstić information content (AvgIpc) is 3.43. The second kappa shape index (κ2) is 8.36. The number of fused-ring (bicyclic) bond motifs is 2. The van der Waals surface area contributed by atoms with E-state index in [0.717, 1.165) is 64.0 Å². The largest absolute Gasteiger partial charge is 0.372 e. The van der Waals surface area contributed by atoms with E-state index >= 15 is 0 Å². The molecule has 3 aliphatic rings. The highest BCUT2D eigenvalue weighted by atomic mass is 35.5. The van der Waals surface area contributed by atoms with Crippen LogP contribution in [0, 0.1) is 18.8 Å². The van der Waals surface area contributed by atoms with Gasteiger partial charge in [-0.05, 0) is 82.2 Å². The number of thiophene rings is 1. The fourth-order valence-corrected chi connectivity index (χ4v) is 7.06. The zero-order chi connectivity index (χ0) is 24.5. The van der Waals surface area contributed by atoms with Crippen LogP contribution in [0.25, 0.3) is 21.5 Å². The Labute approximate surface area is 213 Å². The number of benzene rings is 1. The van der Waals surface area contributed by atoms with Gasteiger partial charge in [-0.1, -0.05) is 11.6 Å². The van der Waals surface area contributed by atoms with Crippen molar-refractivity contribution in [3.63, 3.8) is 0 Å². The van der Waals surface area contributed by atoms with E-state index in [1.807, 2.05) is 18.2 Å². The van der Waals surface area contributed by atoms with Gasteiger partial charge in [-0.25, -0.2) is 9.97 Å². The van der Waals surface area contributed by atoms with Crippen LogP contribution in [0.3, 0.4) is 0 Å². The van der Waals surface area contributed by atoms with Gasteiger partial charge in [-0.15, -0.1) is 11.3 Å². The molecule has 2 unspecified atom stereocenters. The minimum atomic E-state index is -0.112. The summed E-state index contributed by atoms with van der Waals surface area (Å²) in [7, 11) is 0. The van der Waals surface area contributed by atoms with E-state index in [9.17, 15) is 9.59 Å². The molecule has 3 fully saturated rings. The predicted octanol–water partition coefficient (Wildman–Crippen LogP) is 5.72. The first-order chi connectivity index (χ1) is 16.7. The molecule has 1 aliphatic carbocycles. The first kappa shape index (κ1) is 23.1. The van der Waals surface area contributed by atoms with Gasteiger partial charge in [-0.3, -0.25) is 14.5 Å². The third kappa shape index (κ3) is 4.17. The molecule has 2 aromatic heterocycles. The quantitative estimate of drug-likeness (QED) is 0.411. The lowest BCUT2D eigenvalue weighted by Crippen LogP contribution is -2.36. The standard InChI is InChI=1S/C27H28ClN3O3S/c1-14-7-15(28)8-19(18(14)9-16-5-4-6-27(2,3)34-16)23-24-22(29-13-30-23)10-17(35-24)12-31-25(32)20-11-21(20)26(31)33/h7-8,10,13,16,20-21H,4-6,9,11-12H2,1-3H3/t16-,20?,21?/m0/s1. The van der Waals surface area contributed by atoms with Crippen LogP contribution in [0.2, 0.25) is 5.02 Å². The highest BCUT2D eigenvalue weighted by molar-refractivity contribution is 7.19. The Morgan fingerprint density at radius 1 is 1.17 bits per heavy atom. The van der Waals surface area contributed by atoms with Crippen molar-refractivity contribution in [3.05, 3.63) is 45.6 Å². The first-order valence-electron chi connectivity index (χ1n) is 12.3. The number of halogens is 1. The molecular formula is C27H28ClN3O3S. The number of amides is 2. The number of piperidine rings is 1. The van der Waals surface area contributed by atoms with Crippen molar-refractivity contribution in [1.82, 2.24) is 14.9 Å². The summed E-state index contributed by atoms with van der Waals surface area (Å²) in [6.07, 6.45) is 6.50. The molecule has 35 heavy (non-hydrogen) atoms. The number of hydrogen-bond acceptors (Lipinski definition) is 6. The Morgan fingerprint density at radius 3 is 2.69 bits per heavy atom. The van der Waals surface area contributed by atoms with Gasteiger partial charge >= 0.3 is 0 Å². The Hall–Kier alpha value is -2.35. The molecule has 1 aromatic carbocycles. The number of nitrogens with zero attached hydrogens (tertiary/aromatic N) is 3. The van der Waals surface area contributed by atoms with E-state index in [4.69, 9.17) is 16.3 Å². The second-order valence-corrected chi connectivity index (χ2v) is 12.3. The summed E-state index contributed by atoms with van der Waals surface area (Å²) in [5.74, 6) is -0.244. The summed E-state index contributed by atoms with van der Waals surface area (Å²) in [6, 6.07) is 5.96. The molecule has 6 nitrogen and oxygen atoms in total. The lowest BCUT2D eigenvalue weighted by Gasteiger charge is -2.36. The Kier molecular flexibility index (Phi) is 5.51. The SMILES string of the molecule is Cc1cc(Cl)cc(-c2ncnc3cc(CN4C(=O)C5CC5C4=O)sc23)c1C[C@@H]1CCCC(C)(C)O1. The monoisotopic (exact) mass is 509 g/mol. The number of carbonyl (C=O) groups is 2. The lowest BCUT2D eigenvalue weighted by atomic mass is 9.89. The molecule has 0 bridgehead atoms. The molecule has 2 aliphatic heterocycles. The highest BCUT2D eigenvalue weighted by Gasteiger charge is 2.58. The molecule has 8 heteroatoms. The smallest absolute Gasteiger partial charge is 0.233 e. The minimum Gasteiger partial charge on any atom is -0.372 e. The summed E-state index contributed by atoms with van der Waals surface area (Å²) in [5.41, 5.74) is 4.85. The van der Waals surface area contributed by atoms with Crippen molar-refractivity contribution in [2.75, 3.05) is 0 Å². The molecule has 2 amide bonds. The van der Waals surface area contributed by atoms with Crippen LogP contribution in [-0.2, 0) is 27.3 Å². The number of hydrogen-bond donors (Lipinski definition) is 0. The van der Waals surface area contributed by atoms with Gasteiger partial charge in [0.1, 0.15) is 6.33 Å². The van der Waals surface area contributed by atoms with E-state index in [0.29, 0.717) is 11.6 Å². The number of likely N-dealkylation sites (tertiary alicyclic amines) is 1. The third-order valence-corrected chi connectivity index (χ3v) is 8.88. The number of ether oxygens (including phenoxy) is 1. The van der Waals surface area contributed by atoms with Crippen molar-refractivity contribution >= 4 is 45.0 Å². The van der Waals surface area contributed by atoms with E-state index in [1.165, 1.54) is 10.5 Å². The fraction of sp³-hybridized carbons (Fsp3) is 0.481. The molecule has 4 heterocycles. The third-order valence-electron chi connectivity index (χ3n) is 7.55. The molecule has 182 valence electrons. The molecule has 6 rings (SSSR count). The Morgan fingerprint density at radius 2 is 1.94 bits per heavy atom. The van der Waals surface area contributed by atoms with Gasteiger partial charge in [0.2, 0.25) is 11.8 Å². The Balaban J connectivity index is 1.37. The first-order valence-corrected chi connectivity index (χ1v) is 13.5. The van der Waals surface area contributed by atoms with Crippen LogP contribution >= 0.6 is 22.9 Å². The maximum Gasteiger partial charge on any atom is 0.233 e. The molecule has 3 aromatic rings. The van der Waals surface area contributed by atoms with Gasteiger partial charge in [-0.2, -0.15) is 0 Å². The molecule has 1 saturated carbocycles. The Bertz CT molecular complexity index is 1350. The number of imide groups is 1. The molecule has 0 radical (unpaired) electrons. The summed E-state index contributed by atoms with van der Waals surface area (Å²) >= 11 is 8.07. The van der Waals surface area contributed by atoms with Gasteiger partial charge in [0, 0.05) is 15.5 Å². The van der Waals surface area contributed by atoms with E-state index < -0.39 is 0 Å². The van der Waals surface area contributed by atoms with Crippen LogP contribution < -0.4 is 0 Å². The summed E-state index contributed by atoms with van der Waals surface area (Å²) < 4.78 is 7.36. The van der Waals surface area contributed by atoms with Gasteiger partial charge < -0.3 is 4.74 Å². The fourth-order valence-electron chi connectivity index (χ4n) is 5.69. The summed E-state index contributed by atoms with van der Waals surface area (Å²) in [6.45, 7) is 6.72. The van der Waals surface area contributed by atoms with Crippen LogP contribution in [0.4, 0.5) is 0 Å². The average molecular weight is 510 g/mol. The summed E-state index contributed by atoms with van der Waals surface area (Å²) in [5, 5.41) is 0.669. The number of rotatable bonds is 5. The molecule has 3 atom stereocenters. The lowest BCUT2D eigenvalue weighted by molar-refractivity contribution is -0.141. The van der Waals surface area contributed by atoms with Crippen molar-refractivity contribution in [1.29, 1.82) is 0 Å². The molecule has 2 saturated heterocycles. The van der Waals surface area contributed by atoms with E-state index in [-0.39, 0.29) is 35.4 Å². The maximum absolute atomic E-state index is 12.5. The van der Waals surface area contributed by atoms with Gasteiger partial charge in [0.15, 0.2) is 0 Å². The van der Waals surface area contributed by atoms with Crippen molar-refractivity contribution in [2.24, 2.45) is 11.8 Å². The van der Waals surface area contributed by atoms with E-state index in [2.05, 4.69) is 30.7 Å². The maximum atomic E-state index is 12.5. The van der Waals surface area contributed by atoms with Gasteiger partial charge in [0.25, 0.3) is 0 Å². The van der Waals surface area contributed by atoms with Gasteiger partial charge in [0.05, 0.1) is 46.0 Å². The van der Waals surface area contributed by atoms with Crippen LogP contribution in [0.1, 0.15) is 55.5 Å². The zero-order valence-corrected chi connectivity index (χ0v) is 21.7. The predicted molar refractivity (Wildman–Crippen MR) is 136 cm³/mol. The zero-order valence-electron chi connectivity index (χ0n) is 20.1. The normalized spacial score (nSPS) is 25.4. The minimum absolute atomic E-state index is 0.0353. The van der Waals surface area contributed by atoms with Crippen molar-refractivity contribution in [2.45, 2.75) is 71.1 Å². The number of carbonyl (C=O) groups excluding carboxylic acids is 2. The second-order valence-electron chi connectivity index (χ2n) is 10.7. The van der Waals surface area contributed by atoms with Crippen molar-refractivity contribution in [3.8, 4) is 11.3 Å². The number of aryl methyl sites for hydroxylation is 1. The van der Waals surface area contributed by atoms with Crippen LogP contribution in [-0.4, -0.2) is 38.4 Å². The van der Waals surface area contributed by atoms with Crippen LogP contribution in [0.5, 0.6) is 0 Å². The summed E-state index contributed by atoms with van der Waals surface area (Å²) in [4.78, 5) is 36.5. The molecular weight excluding hydrogens is 482 g/mol. The van der Waals surface area contributed by atoms with E-state index in [1.54, 1.807) is 17.7 Å².